The van der Waals surface area contributed by atoms with E-state index in [1.807, 2.05) is 86.8 Å². The number of hydrogen-bond donors (Lipinski definition) is 1. The Morgan fingerprint density at radius 1 is 1.03 bits per heavy atom. The van der Waals surface area contributed by atoms with Gasteiger partial charge in [0.05, 0.1) is 15.8 Å². The average Bonchev–Trinajstić information content (AvgIpc) is 3.50. The lowest BCUT2D eigenvalue weighted by Gasteiger charge is -2.07. The van der Waals surface area contributed by atoms with Crippen LogP contribution in [-0.2, 0) is 0 Å². The quantitative estimate of drug-likeness (QED) is 0.366. The number of aryl methyl sites for hydroxylation is 3. The maximum Gasteiger partial charge on any atom is 0.273 e. The zero-order valence-corrected chi connectivity index (χ0v) is 21.0. The molecular weight excluding hydrogens is 474 g/mol. The van der Waals surface area contributed by atoms with Gasteiger partial charge in [0.25, 0.3) is 5.56 Å². The van der Waals surface area contributed by atoms with Crippen LogP contribution in [-0.4, -0.2) is 15.3 Å². The molecule has 5 rings (SSSR count). The van der Waals surface area contributed by atoms with Crippen LogP contribution in [0.25, 0.3) is 28.2 Å². The van der Waals surface area contributed by atoms with Gasteiger partial charge in [0.1, 0.15) is 16.3 Å². The minimum Gasteiger partial charge on any atom is -0.358 e. The van der Waals surface area contributed by atoms with E-state index in [4.69, 9.17) is 0 Å². The van der Waals surface area contributed by atoms with Gasteiger partial charge < -0.3 is 4.98 Å². The summed E-state index contributed by atoms with van der Waals surface area (Å²) in [4.78, 5) is 31.7. The number of carbonyl (C=O) groups excluding carboxylic acids is 1. The van der Waals surface area contributed by atoms with Gasteiger partial charge in [0.2, 0.25) is 5.78 Å². The molecule has 0 radical (unpaired) electrons. The molecule has 0 fully saturated rings. The fourth-order valence-electron chi connectivity index (χ4n) is 4.22. The van der Waals surface area contributed by atoms with Crippen molar-refractivity contribution in [3.63, 3.8) is 0 Å². The molecule has 3 heterocycles. The summed E-state index contributed by atoms with van der Waals surface area (Å²) < 4.78 is 2.32. The van der Waals surface area contributed by atoms with Crippen molar-refractivity contribution >= 4 is 51.0 Å². The first-order valence-electron chi connectivity index (χ1n) is 11.0. The number of carbonyl (C=O) groups is 1. The highest BCUT2D eigenvalue weighted by Gasteiger charge is 2.23. The van der Waals surface area contributed by atoms with Crippen LogP contribution < -0.4 is 14.8 Å². The molecule has 0 atom stereocenters. The van der Waals surface area contributed by atoms with Crippen LogP contribution in [0.15, 0.2) is 64.8 Å². The number of H-pyrrole nitrogens is 1. The van der Waals surface area contributed by atoms with E-state index in [9.17, 15) is 14.9 Å². The van der Waals surface area contributed by atoms with Crippen LogP contribution in [0.5, 0.6) is 0 Å². The third-order valence-electron chi connectivity index (χ3n) is 6.02. The van der Waals surface area contributed by atoms with Crippen molar-refractivity contribution in [2.75, 3.05) is 0 Å². The summed E-state index contributed by atoms with van der Waals surface area (Å²) in [6, 6.07) is 19.1. The topological polar surface area (TPSA) is 78.7 Å². The first-order chi connectivity index (χ1) is 16.9. The summed E-state index contributed by atoms with van der Waals surface area (Å²) in [5.74, 6) is -0.398. The Bertz CT molecular complexity index is 1840. The molecule has 2 aromatic carbocycles. The van der Waals surface area contributed by atoms with Crippen LogP contribution in [0, 0.1) is 32.1 Å². The number of hydrogen-bond acceptors (Lipinski definition) is 5. The summed E-state index contributed by atoms with van der Waals surface area (Å²) in [5.41, 5.74) is 4.27. The van der Waals surface area contributed by atoms with Gasteiger partial charge >= 0.3 is 0 Å². The van der Waals surface area contributed by atoms with Crippen molar-refractivity contribution in [3.05, 3.63) is 107 Å². The Labute approximate surface area is 209 Å². The van der Waals surface area contributed by atoms with Crippen LogP contribution in [0.2, 0.25) is 0 Å². The Morgan fingerprint density at radius 2 is 1.77 bits per heavy atom. The first kappa shape index (κ1) is 22.8. The highest BCUT2D eigenvalue weighted by molar-refractivity contribution is 7.11. The molecule has 0 amide bonds. The third-order valence-corrected chi connectivity index (χ3v) is 8.08. The zero-order valence-electron chi connectivity index (χ0n) is 19.4. The van der Waals surface area contributed by atoms with Gasteiger partial charge in [-0.05, 0) is 61.6 Å². The Balaban J connectivity index is 1.88. The third kappa shape index (κ3) is 3.87. The van der Waals surface area contributed by atoms with E-state index in [2.05, 4.69) is 11.1 Å². The number of thiophene rings is 1. The van der Waals surface area contributed by atoms with Crippen LogP contribution in [0.3, 0.4) is 0 Å². The number of thiazole rings is 1. The molecule has 5 nitrogen and oxygen atoms in total. The molecule has 1 N–H and O–H groups in total. The molecule has 0 saturated heterocycles. The molecule has 0 aliphatic rings. The van der Waals surface area contributed by atoms with Gasteiger partial charge in [-0.25, -0.2) is 0 Å². The monoisotopic (exact) mass is 495 g/mol. The van der Waals surface area contributed by atoms with E-state index >= 15 is 0 Å². The van der Waals surface area contributed by atoms with E-state index in [1.54, 1.807) is 11.3 Å². The number of nitriles is 1. The number of aromatic nitrogens is 2. The normalized spacial score (nSPS) is 12.7. The summed E-state index contributed by atoms with van der Waals surface area (Å²) in [7, 11) is 0. The molecule has 172 valence electrons. The van der Waals surface area contributed by atoms with Gasteiger partial charge in [0.15, 0.2) is 0 Å². The maximum atomic E-state index is 13.8. The highest BCUT2D eigenvalue weighted by atomic mass is 32.1. The Morgan fingerprint density at radius 3 is 2.49 bits per heavy atom. The molecule has 7 heteroatoms. The number of nitrogens with one attached hydrogen (secondary N) is 1. The Kier molecular flexibility index (Phi) is 5.85. The minimum absolute atomic E-state index is 0.0502. The van der Waals surface area contributed by atoms with Crippen molar-refractivity contribution in [1.29, 1.82) is 5.26 Å². The fourth-order valence-corrected chi connectivity index (χ4v) is 6.23. The average molecular weight is 496 g/mol. The number of rotatable bonds is 4. The molecule has 0 aliphatic heterocycles. The number of Topliss-reactive ketones (excluding diaryl/α,β-unsaturated/α-hetero) is 1. The first-order valence-corrected chi connectivity index (χ1v) is 12.7. The second-order valence-electron chi connectivity index (χ2n) is 8.30. The van der Waals surface area contributed by atoms with E-state index < -0.39 is 5.78 Å². The van der Waals surface area contributed by atoms with Gasteiger partial charge in [-0.2, -0.15) is 5.26 Å². The van der Waals surface area contributed by atoms with Gasteiger partial charge in [-0.3, -0.25) is 14.2 Å². The predicted molar refractivity (Wildman–Crippen MR) is 143 cm³/mol. The van der Waals surface area contributed by atoms with E-state index in [1.165, 1.54) is 15.9 Å². The van der Waals surface area contributed by atoms with E-state index in [0.717, 1.165) is 26.9 Å². The zero-order chi connectivity index (χ0) is 24.7. The number of nitrogens with zero attached hydrogens (tertiary/aromatic N) is 2. The summed E-state index contributed by atoms with van der Waals surface area (Å²) in [6.45, 7) is 5.73. The summed E-state index contributed by atoms with van der Waals surface area (Å²) in [5, 5.41) is 13.0. The van der Waals surface area contributed by atoms with Crippen molar-refractivity contribution < 1.29 is 4.79 Å². The number of para-hydroxylation sites is 2. The molecule has 5 aromatic rings. The Hall–Kier alpha value is -3.99. The van der Waals surface area contributed by atoms with Crippen LogP contribution in [0.1, 0.15) is 32.1 Å². The second kappa shape index (κ2) is 8.99. The van der Waals surface area contributed by atoms with Crippen molar-refractivity contribution in [1.82, 2.24) is 9.55 Å². The van der Waals surface area contributed by atoms with Crippen LogP contribution in [0.4, 0.5) is 0 Å². The number of benzene rings is 2. The molecule has 0 saturated carbocycles. The van der Waals surface area contributed by atoms with Crippen molar-refractivity contribution in [3.8, 4) is 11.8 Å². The SMILES string of the molecule is Cc1ccccc1-n1c(=C(C#N)C(=O)c2c(C)[nH]c3ccccc23)sc(=Cc2sccc2C)c1=O. The number of ketones is 1. The standard InChI is InChI=1S/C28H21N3O2S2/c1-16-8-4-7-11-22(16)31-27(33)24(14-23-17(2)12-13-34-23)35-28(31)20(15-29)26(32)25-18(3)30-21-10-6-5-9-19(21)25/h4-14,30H,1-3H3. The predicted octanol–water partition coefficient (Wildman–Crippen LogP) is 4.75. The maximum absolute atomic E-state index is 13.8. The minimum atomic E-state index is -0.398. The fraction of sp³-hybridized carbons (Fsp3) is 0.107. The molecule has 3 aromatic heterocycles. The molecule has 0 unspecified atom stereocenters. The lowest BCUT2D eigenvalue weighted by Crippen LogP contribution is -2.32. The second-order valence-corrected chi connectivity index (χ2v) is 10.3. The summed E-state index contributed by atoms with van der Waals surface area (Å²) >= 11 is 2.73. The molecule has 0 aliphatic carbocycles. The number of aromatic amines is 1. The van der Waals surface area contributed by atoms with Crippen molar-refractivity contribution in [2.24, 2.45) is 0 Å². The van der Waals surface area contributed by atoms with Gasteiger partial charge in [-0.15, -0.1) is 22.7 Å². The van der Waals surface area contributed by atoms with E-state index in [-0.39, 0.29) is 11.1 Å². The molecule has 35 heavy (non-hydrogen) atoms. The van der Waals surface area contributed by atoms with Crippen molar-refractivity contribution in [2.45, 2.75) is 20.8 Å². The molecule has 0 bridgehead atoms. The lowest BCUT2D eigenvalue weighted by atomic mass is 10.0. The van der Waals surface area contributed by atoms with Gasteiger partial charge in [-0.1, -0.05) is 36.4 Å². The molecular formula is C28H21N3O2S2. The van der Waals surface area contributed by atoms with E-state index in [0.29, 0.717) is 26.1 Å². The summed E-state index contributed by atoms with van der Waals surface area (Å²) in [6.07, 6.45) is 1.85. The highest BCUT2D eigenvalue weighted by Crippen LogP contribution is 2.25. The lowest BCUT2D eigenvalue weighted by molar-refractivity contribution is 0.105. The molecule has 0 spiro atoms. The van der Waals surface area contributed by atoms with Crippen LogP contribution >= 0.6 is 22.7 Å². The smallest absolute Gasteiger partial charge is 0.273 e. The largest absolute Gasteiger partial charge is 0.358 e. The number of fused-ring (bicyclic) bond motifs is 1. The van der Waals surface area contributed by atoms with Gasteiger partial charge in [0, 0.05) is 21.5 Å².